The van der Waals surface area contributed by atoms with E-state index in [4.69, 9.17) is 4.74 Å². The molecule has 0 fully saturated rings. The zero-order valence-electron chi connectivity index (χ0n) is 12.5. The number of ether oxygens (including phenoxy) is 1. The summed E-state index contributed by atoms with van der Waals surface area (Å²) in [6.45, 7) is 3.97. The number of ketones is 1. The van der Waals surface area contributed by atoms with Gasteiger partial charge in [0.15, 0.2) is 5.78 Å². The molecule has 2 nitrogen and oxygen atoms in total. The highest BCUT2D eigenvalue weighted by molar-refractivity contribution is 5.97. The van der Waals surface area contributed by atoms with E-state index in [1.54, 1.807) is 0 Å². The van der Waals surface area contributed by atoms with E-state index in [0.29, 0.717) is 12.3 Å². The predicted molar refractivity (Wildman–Crippen MR) is 84.0 cm³/mol. The number of rotatable bonds is 5. The minimum absolute atomic E-state index is 0.119. The minimum Gasteiger partial charge on any atom is -0.491 e. The number of hydrogen-bond acceptors (Lipinski definition) is 2. The van der Waals surface area contributed by atoms with Gasteiger partial charge in [0.1, 0.15) is 5.75 Å². The molecule has 3 rings (SSSR count). The van der Waals surface area contributed by atoms with Gasteiger partial charge >= 0.3 is 0 Å². The summed E-state index contributed by atoms with van der Waals surface area (Å²) in [5, 5.41) is 0. The number of benzene rings is 2. The average molecular weight is 280 g/mol. The first-order valence-electron chi connectivity index (χ1n) is 7.51. The summed E-state index contributed by atoms with van der Waals surface area (Å²) in [4.78, 5) is 12.4. The lowest BCUT2D eigenvalue weighted by Crippen LogP contribution is -2.20. The fourth-order valence-electron chi connectivity index (χ4n) is 2.90. The van der Waals surface area contributed by atoms with E-state index < -0.39 is 0 Å². The van der Waals surface area contributed by atoms with Crippen molar-refractivity contribution in [3.8, 4) is 5.75 Å². The Morgan fingerprint density at radius 2 is 2.00 bits per heavy atom. The standard InChI is InChI=1S/C19H20O2/c1-13(2)21-17-8-5-7-15(11-17)19(20)12-16-10-14-6-3-4-9-18(14)16/h3-9,11,13,16H,10,12H2,1-2H3. The Morgan fingerprint density at radius 3 is 2.76 bits per heavy atom. The molecule has 108 valence electrons. The second-order valence-corrected chi connectivity index (χ2v) is 5.92. The average Bonchev–Trinajstić information content (AvgIpc) is 2.44. The Kier molecular flexibility index (Phi) is 3.78. The van der Waals surface area contributed by atoms with Crippen molar-refractivity contribution < 1.29 is 9.53 Å². The van der Waals surface area contributed by atoms with Crippen molar-refractivity contribution in [2.45, 2.75) is 38.7 Å². The molecule has 2 heteroatoms. The van der Waals surface area contributed by atoms with E-state index in [2.05, 4.69) is 18.2 Å². The third-order valence-electron chi connectivity index (χ3n) is 3.92. The summed E-state index contributed by atoms with van der Waals surface area (Å²) in [6.07, 6.45) is 1.72. The van der Waals surface area contributed by atoms with Gasteiger partial charge in [-0.3, -0.25) is 4.79 Å². The highest BCUT2D eigenvalue weighted by Gasteiger charge is 2.27. The van der Waals surface area contributed by atoms with Crippen LogP contribution in [0, 0.1) is 0 Å². The van der Waals surface area contributed by atoms with Gasteiger partial charge in [0.2, 0.25) is 0 Å². The van der Waals surface area contributed by atoms with Crippen LogP contribution in [0.1, 0.15) is 47.7 Å². The summed E-state index contributed by atoms with van der Waals surface area (Å²) in [6, 6.07) is 15.9. The van der Waals surface area contributed by atoms with Crippen molar-refractivity contribution in [2.24, 2.45) is 0 Å². The molecule has 1 atom stereocenters. The summed E-state index contributed by atoms with van der Waals surface area (Å²) in [5.41, 5.74) is 3.46. The molecule has 0 spiro atoms. The van der Waals surface area contributed by atoms with Crippen molar-refractivity contribution in [3.63, 3.8) is 0 Å². The summed E-state index contributed by atoms with van der Waals surface area (Å²) >= 11 is 0. The maximum atomic E-state index is 12.4. The van der Waals surface area contributed by atoms with E-state index in [1.165, 1.54) is 11.1 Å². The highest BCUT2D eigenvalue weighted by Crippen LogP contribution is 2.38. The fraction of sp³-hybridized carbons (Fsp3) is 0.316. The normalized spacial score (nSPS) is 16.2. The zero-order valence-corrected chi connectivity index (χ0v) is 12.5. The Hall–Kier alpha value is -2.09. The Morgan fingerprint density at radius 1 is 1.19 bits per heavy atom. The third-order valence-corrected chi connectivity index (χ3v) is 3.92. The van der Waals surface area contributed by atoms with Crippen LogP contribution >= 0.6 is 0 Å². The number of hydrogen-bond donors (Lipinski definition) is 0. The molecule has 1 unspecified atom stereocenters. The van der Waals surface area contributed by atoms with Crippen LogP contribution in [0.15, 0.2) is 48.5 Å². The lowest BCUT2D eigenvalue weighted by molar-refractivity contribution is 0.0969. The smallest absolute Gasteiger partial charge is 0.163 e. The lowest BCUT2D eigenvalue weighted by Gasteiger charge is -2.29. The molecular weight excluding hydrogens is 260 g/mol. The van der Waals surface area contributed by atoms with Crippen molar-refractivity contribution in [3.05, 3.63) is 65.2 Å². The molecule has 0 aliphatic heterocycles. The molecule has 21 heavy (non-hydrogen) atoms. The molecule has 0 bridgehead atoms. The van der Waals surface area contributed by atoms with Crippen molar-refractivity contribution in [1.82, 2.24) is 0 Å². The van der Waals surface area contributed by atoms with Gasteiger partial charge in [-0.25, -0.2) is 0 Å². The topological polar surface area (TPSA) is 26.3 Å². The zero-order chi connectivity index (χ0) is 14.8. The number of carbonyl (C=O) groups excluding carboxylic acids is 1. The summed E-state index contributed by atoms with van der Waals surface area (Å²) in [7, 11) is 0. The second-order valence-electron chi connectivity index (χ2n) is 5.92. The highest BCUT2D eigenvalue weighted by atomic mass is 16.5. The molecule has 0 aromatic heterocycles. The van der Waals surface area contributed by atoms with Crippen molar-refractivity contribution in [1.29, 1.82) is 0 Å². The maximum absolute atomic E-state index is 12.4. The van der Waals surface area contributed by atoms with E-state index in [-0.39, 0.29) is 11.9 Å². The van der Waals surface area contributed by atoms with Crippen molar-refractivity contribution in [2.75, 3.05) is 0 Å². The molecule has 0 radical (unpaired) electrons. The molecule has 0 saturated heterocycles. The molecule has 2 aromatic rings. The Balaban J connectivity index is 1.69. The van der Waals surface area contributed by atoms with Crippen molar-refractivity contribution >= 4 is 5.78 Å². The van der Waals surface area contributed by atoms with Gasteiger partial charge in [0, 0.05) is 12.0 Å². The van der Waals surface area contributed by atoms with E-state index >= 15 is 0 Å². The Bertz CT molecular complexity index is 658. The van der Waals surface area contributed by atoms with Crippen LogP contribution in [-0.4, -0.2) is 11.9 Å². The van der Waals surface area contributed by atoms with Gasteiger partial charge in [0.05, 0.1) is 6.10 Å². The molecule has 0 amide bonds. The predicted octanol–water partition coefficient (Wildman–Crippen LogP) is 4.39. The van der Waals surface area contributed by atoms with E-state index in [1.807, 2.05) is 44.2 Å². The third kappa shape index (κ3) is 2.99. The second kappa shape index (κ2) is 5.72. The monoisotopic (exact) mass is 280 g/mol. The van der Waals surface area contributed by atoms with Gasteiger partial charge < -0.3 is 4.74 Å². The minimum atomic E-state index is 0.119. The molecule has 1 aliphatic rings. The van der Waals surface area contributed by atoms with Crippen LogP contribution in [-0.2, 0) is 6.42 Å². The Labute approximate surface area is 125 Å². The van der Waals surface area contributed by atoms with Gasteiger partial charge in [-0.2, -0.15) is 0 Å². The van der Waals surface area contributed by atoms with Crippen LogP contribution in [0.3, 0.4) is 0 Å². The van der Waals surface area contributed by atoms with Crippen LogP contribution in [0.2, 0.25) is 0 Å². The summed E-state index contributed by atoms with van der Waals surface area (Å²) in [5.74, 6) is 1.34. The number of carbonyl (C=O) groups is 1. The van der Waals surface area contributed by atoms with Gasteiger partial charge in [-0.15, -0.1) is 0 Å². The molecule has 2 aromatic carbocycles. The van der Waals surface area contributed by atoms with Crippen LogP contribution in [0.5, 0.6) is 5.75 Å². The fourth-order valence-corrected chi connectivity index (χ4v) is 2.90. The number of fused-ring (bicyclic) bond motifs is 1. The molecule has 0 heterocycles. The lowest BCUT2D eigenvalue weighted by atomic mass is 9.74. The maximum Gasteiger partial charge on any atom is 0.163 e. The van der Waals surface area contributed by atoms with Crippen LogP contribution in [0.4, 0.5) is 0 Å². The first-order valence-corrected chi connectivity index (χ1v) is 7.51. The summed E-state index contributed by atoms with van der Waals surface area (Å²) < 4.78 is 5.65. The van der Waals surface area contributed by atoms with Gasteiger partial charge in [0.25, 0.3) is 0 Å². The van der Waals surface area contributed by atoms with E-state index in [0.717, 1.165) is 17.7 Å². The first kappa shape index (κ1) is 13.9. The van der Waals surface area contributed by atoms with Crippen LogP contribution in [0.25, 0.3) is 0 Å². The SMILES string of the molecule is CC(C)Oc1cccc(C(=O)CC2Cc3ccccc32)c1. The van der Waals surface area contributed by atoms with Gasteiger partial charge in [-0.1, -0.05) is 36.4 Å². The van der Waals surface area contributed by atoms with Gasteiger partial charge in [-0.05, 0) is 49.4 Å². The molecule has 1 aliphatic carbocycles. The molecular formula is C19H20O2. The van der Waals surface area contributed by atoms with E-state index in [9.17, 15) is 4.79 Å². The van der Waals surface area contributed by atoms with Crippen LogP contribution < -0.4 is 4.74 Å². The number of Topliss-reactive ketones (excluding diaryl/α,β-unsaturated/α-hetero) is 1. The molecule has 0 saturated carbocycles. The first-order chi connectivity index (χ1) is 10.1. The molecule has 0 N–H and O–H groups in total. The quantitative estimate of drug-likeness (QED) is 0.759. The largest absolute Gasteiger partial charge is 0.491 e.